The second kappa shape index (κ2) is 12.7. The van der Waals surface area contributed by atoms with E-state index in [0.717, 1.165) is 28.5 Å². The summed E-state index contributed by atoms with van der Waals surface area (Å²) in [6, 6.07) is 54.4. The van der Waals surface area contributed by atoms with E-state index in [1.54, 1.807) is 0 Å². The Hall–Kier alpha value is -6.19. The first-order valence-electron chi connectivity index (χ1n) is 19.3. The fourth-order valence-corrected chi connectivity index (χ4v) is 9.75. The molecule has 0 amide bonds. The zero-order valence-electron chi connectivity index (χ0n) is 30.8. The van der Waals surface area contributed by atoms with Crippen LogP contribution in [0.3, 0.4) is 0 Å². The number of benzene rings is 7. The van der Waals surface area contributed by atoms with Gasteiger partial charge < -0.3 is 0 Å². The number of aromatic nitrogens is 3. The largest absolute Gasteiger partial charge is 0.208 e. The van der Waals surface area contributed by atoms with Gasteiger partial charge in [0.15, 0.2) is 17.5 Å². The van der Waals surface area contributed by atoms with Crippen molar-refractivity contribution in [2.45, 2.75) is 38.5 Å². The van der Waals surface area contributed by atoms with Crippen LogP contribution in [0.5, 0.6) is 0 Å². The van der Waals surface area contributed by atoms with Gasteiger partial charge in [-0.1, -0.05) is 172 Å². The van der Waals surface area contributed by atoms with Crippen LogP contribution in [0, 0.1) is 11.8 Å². The van der Waals surface area contributed by atoms with Gasteiger partial charge in [-0.25, -0.2) is 15.0 Å². The molecule has 10 rings (SSSR count). The quantitative estimate of drug-likeness (QED) is 0.168. The molecule has 0 N–H and O–H groups in total. The van der Waals surface area contributed by atoms with Crippen molar-refractivity contribution in [2.24, 2.45) is 11.8 Å². The standard InChI is InChI=1S/C51H41N3/c1-4-34-28-32(2)51(33(3)29-34)45-21-13-20-42(46(45)44-27-26-36-14-11-12-19-43(36)47(44)51)39-24-22-35-23-25-40(31-41(35)30-39)50-53-48(37-15-7-5-8-16-37)52-49(54-50)38-17-9-6-10-18-38/h5-27,30-31,33-34H,2,4,28-29H2,1,3H3. The summed E-state index contributed by atoms with van der Waals surface area (Å²) in [6.45, 7) is 9.73. The fraction of sp³-hybridized carbons (Fsp3) is 0.157. The van der Waals surface area contributed by atoms with Crippen molar-refractivity contribution in [1.29, 1.82) is 0 Å². The Labute approximate surface area is 317 Å². The summed E-state index contributed by atoms with van der Waals surface area (Å²) in [5, 5.41) is 4.98. The van der Waals surface area contributed by atoms with Crippen LogP contribution in [0.15, 0.2) is 164 Å². The number of hydrogen-bond donors (Lipinski definition) is 0. The zero-order chi connectivity index (χ0) is 36.4. The average molecular weight is 696 g/mol. The van der Waals surface area contributed by atoms with Crippen molar-refractivity contribution >= 4 is 21.5 Å². The van der Waals surface area contributed by atoms with Crippen LogP contribution in [0.25, 0.3) is 78.0 Å². The lowest BCUT2D eigenvalue weighted by Crippen LogP contribution is -2.40. The summed E-state index contributed by atoms with van der Waals surface area (Å²) >= 11 is 0. The van der Waals surface area contributed by atoms with Crippen molar-refractivity contribution in [3.05, 3.63) is 175 Å². The second-order valence-corrected chi connectivity index (χ2v) is 15.3. The van der Waals surface area contributed by atoms with E-state index in [9.17, 15) is 0 Å². The Morgan fingerprint density at radius 2 is 1.19 bits per heavy atom. The zero-order valence-corrected chi connectivity index (χ0v) is 30.8. The molecule has 260 valence electrons. The maximum absolute atomic E-state index is 5.03. The van der Waals surface area contributed by atoms with Crippen LogP contribution in [-0.2, 0) is 5.41 Å². The molecule has 1 heterocycles. The smallest absolute Gasteiger partial charge is 0.164 e. The Bertz CT molecular complexity index is 2690. The van der Waals surface area contributed by atoms with Crippen LogP contribution >= 0.6 is 0 Å². The van der Waals surface area contributed by atoms with Gasteiger partial charge in [-0.05, 0) is 91.7 Å². The molecular formula is C51H41N3. The maximum Gasteiger partial charge on any atom is 0.164 e. The Kier molecular flexibility index (Phi) is 7.66. The number of fused-ring (bicyclic) bond motifs is 8. The first kappa shape index (κ1) is 32.5. The topological polar surface area (TPSA) is 38.7 Å². The molecule has 2 aliphatic carbocycles. The fourth-order valence-electron chi connectivity index (χ4n) is 9.75. The lowest BCUT2D eigenvalue weighted by molar-refractivity contribution is 0.249. The highest BCUT2D eigenvalue weighted by atomic mass is 15.0. The van der Waals surface area contributed by atoms with E-state index in [1.165, 1.54) is 68.0 Å². The van der Waals surface area contributed by atoms with Crippen LogP contribution in [0.4, 0.5) is 0 Å². The molecule has 3 atom stereocenters. The molecule has 1 saturated carbocycles. The summed E-state index contributed by atoms with van der Waals surface area (Å²) in [7, 11) is 0. The molecule has 0 radical (unpaired) electrons. The third-order valence-corrected chi connectivity index (χ3v) is 12.3. The second-order valence-electron chi connectivity index (χ2n) is 15.3. The first-order valence-corrected chi connectivity index (χ1v) is 19.3. The molecule has 1 spiro atoms. The molecule has 2 aliphatic rings. The van der Waals surface area contributed by atoms with Gasteiger partial charge in [0.05, 0.1) is 0 Å². The van der Waals surface area contributed by atoms with Gasteiger partial charge in [0.25, 0.3) is 0 Å². The average Bonchev–Trinajstić information content (AvgIpc) is 3.54. The molecule has 8 aromatic rings. The highest BCUT2D eigenvalue weighted by molar-refractivity contribution is 6.03. The molecule has 0 aliphatic heterocycles. The van der Waals surface area contributed by atoms with Gasteiger partial charge in [-0.2, -0.15) is 0 Å². The van der Waals surface area contributed by atoms with Crippen LogP contribution in [0.1, 0.15) is 44.2 Å². The molecule has 1 fully saturated rings. The van der Waals surface area contributed by atoms with E-state index >= 15 is 0 Å². The van der Waals surface area contributed by atoms with E-state index in [4.69, 9.17) is 21.5 Å². The van der Waals surface area contributed by atoms with Crippen molar-refractivity contribution in [3.63, 3.8) is 0 Å². The third-order valence-electron chi connectivity index (χ3n) is 12.3. The van der Waals surface area contributed by atoms with E-state index in [2.05, 4.69) is 129 Å². The minimum absolute atomic E-state index is 0.219. The summed E-state index contributed by atoms with van der Waals surface area (Å²) in [6.07, 6.45) is 3.47. The van der Waals surface area contributed by atoms with E-state index in [-0.39, 0.29) is 5.41 Å². The summed E-state index contributed by atoms with van der Waals surface area (Å²) in [4.78, 5) is 15.0. The Morgan fingerprint density at radius 1 is 0.574 bits per heavy atom. The van der Waals surface area contributed by atoms with E-state index in [1.807, 2.05) is 36.4 Å². The summed E-state index contributed by atoms with van der Waals surface area (Å²) in [5.74, 6) is 3.10. The summed E-state index contributed by atoms with van der Waals surface area (Å²) in [5.41, 5.74) is 12.1. The SMILES string of the molecule is C=C1CC(CC)CC(C)C12c1cccc(-c3ccc4ccc(-c5nc(-c6ccccc6)nc(-c6ccccc6)n5)cc4c3)c1-c1ccc3ccccc3c12. The predicted octanol–water partition coefficient (Wildman–Crippen LogP) is 13.1. The molecular weight excluding hydrogens is 655 g/mol. The minimum Gasteiger partial charge on any atom is -0.208 e. The lowest BCUT2D eigenvalue weighted by Gasteiger charge is -2.47. The predicted molar refractivity (Wildman–Crippen MR) is 224 cm³/mol. The monoisotopic (exact) mass is 695 g/mol. The Morgan fingerprint density at radius 3 is 1.87 bits per heavy atom. The molecule has 7 aromatic carbocycles. The molecule has 1 aromatic heterocycles. The lowest BCUT2D eigenvalue weighted by atomic mass is 9.56. The molecule has 54 heavy (non-hydrogen) atoms. The van der Waals surface area contributed by atoms with Crippen molar-refractivity contribution in [1.82, 2.24) is 15.0 Å². The highest BCUT2D eigenvalue weighted by Crippen LogP contribution is 2.63. The van der Waals surface area contributed by atoms with Crippen LogP contribution in [-0.4, -0.2) is 15.0 Å². The molecule has 3 heteroatoms. The minimum atomic E-state index is -0.219. The summed E-state index contributed by atoms with van der Waals surface area (Å²) < 4.78 is 0. The molecule has 3 nitrogen and oxygen atoms in total. The van der Waals surface area contributed by atoms with Gasteiger partial charge in [-0.15, -0.1) is 0 Å². The van der Waals surface area contributed by atoms with Crippen LogP contribution < -0.4 is 0 Å². The van der Waals surface area contributed by atoms with Crippen molar-refractivity contribution in [2.75, 3.05) is 0 Å². The van der Waals surface area contributed by atoms with Crippen molar-refractivity contribution in [3.8, 4) is 56.4 Å². The van der Waals surface area contributed by atoms with Gasteiger partial charge >= 0.3 is 0 Å². The number of rotatable bonds is 5. The van der Waals surface area contributed by atoms with Crippen molar-refractivity contribution < 1.29 is 0 Å². The number of hydrogen-bond acceptors (Lipinski definition) is 3. The normalized spacial score (nSPS) is 19.0. The third kappa shape index (κ3) is 4.99. The maximum atomic E-state index is 5.03. The van der Waals surface area contributed by atoms with E-state index in [0.29, 0.717) is 29.3 Å². The van der Waals surface area contributed by atoms with Gasteiger partial charge in [-0.3, -0.25) is 0 Å². The van der Waals surface area contributed by atoms with Gasteiger partial charge in [0.2, 0.25) is 0 Å². The first-order chi connectivity index (χ1) is 26.5. The molecule has 3 unspecified atom stereocenters. The van der Waals surface area contributed by atoms with Gasteiger partial charge in [0.1, 0.15) is 0 Å². The number of allylic oxidation sites excluding steroid dienone is 1. The molecule has 0 bridgehead atoms. The molecule has 0 saturated heterocycles. The number of nitrogens with zero attached hydrogens (tertiary/aromatic N) is 3. The van der Waals surface area contributed by atoms with Gasteiger partial charge in [0, 0.05) is 22.1 Å². The van der Waals surface area contributed by atoms with Crippen LogP contribution in [0.2, 0.25) is 0 Å². The highest BCUT2D eigenvalue weighted by Gasteiger charge is 2.52. The Balaban J connectivity index is 1.15. The van der Waals surface area contributed by atoms with E-state index < -0.39 is 0 Å².